The number of amides is 3. The third-order valence-electron chi connectivity index (χ3n) is 8.86. The van der Waals surface area contributed by atoms with Gasteiger partial charge in [0.15, 0.2) is 0 Å². The van der Waals surface area contributed by atoms with E-state index < -0.39 is 35.1 Å². The minimum absolute atomic E-state index is 0.0452. The molecule has 2 bridgehead atoms. The van der Waals surface area contributed by atoms with E-state index in [2.05, 4.69) is 20.1 Å². The zero-order chi connectivity index (χ0) is 27.5. The second-order valence-electron chi connectivity index (χ2n) is 11.1. The molecule has 3 unspecified atom stereocenters. The highest BCUT2D eigenvalue weighted by Gasteiger charge is 2.79. The third kappa shape index (κ3) is 4.65. The monoisotopic (exact) mass is 517 g/mol. The maximum Gasteiger partial charge on any atom is 0.248 e. The minimum atomic E-state index is -1.09. The summed E-state index contributed by atoms with van der Waals surface area (Å²) in [6.45, 7) is 18.6. The predicted molar refractivity (Wildman–Crippen MR) is 144 cm³/mol. The van der Waals surface area contributed by atoms with E-state index in [0.29, 0.717) is 38.9 Å². The number of ether oxygens (including phenoxy) is 1. The first-order valence-electron chi connectivity index (χ1n) is 14.1. The number of hydrogen-bond acceptors (Lipinski definition) is 5. The van der Waals surface area contributed by atoms with Gasteiger partial charge in [-0.3, -0.25) is 14.4 Å². The van der Waals surface area contributed by atoms with E-state index in [1.807, 2.05) is 20.8 Å². The topological polar surface area (TPSA) is 90.4 Å². The Kier molecular flexibility index (Phi) is 9.27. The first-order valence-corrected chi connectivity index (χ1v) is 14.1. The van der Waals surface area contributed by atoms with Gasteiger partial charge in [-0.05, 0) is 46.0 Å². The third-order valence-corrected chi connectivity index (χ3v) is 8.86. The van der Waals surface area contributed by atoms with Crippen LogP contribution < -0.4 is 0 Å². The molecule has 0 aliphatic carbocycles. The fourth-order valence-corrected chi connectivity index (χ4v) is 7.14. The molecule has 37 heavy (non-hydrogen) atoms. The summed E-state index contributed by atoms with van der Waals surface area (Å²) >= 11 is 0. The van der Waals surface area contributed by atoms with Gasteiger partial charge in [0.1, 0.15) is 11.6 Å². The summed E-state index contributed by atoms with van der Waals surface area (Å²) in [6, 6.07) is -1.52. The van der Waals surface area contributed by atoms with Crippen molar-refractivity contribution in [2.75, 3.05) is 26.2 Å². The molecule has 3 saturated heterocycles. The summed E-state index contributed by atoms with van der Waals surface area (Å²) in [5, 5.41) is 10.1. The van der Waals surface area contributed by atoms with E-state index in [4.69, 9.17) is 4.74 Å². The Morgan fingerprint density at radius 2 is 1.81 bits per heavy atom. The predicted octanol–water partition coefficient (Wildman–Crippen LogP) is 3.15. The molecule has 1 spiro atoms. The van der Waals surface area contributed by atoms with Gasteiger partial charge in [0.2, 0.25) is 17.7 Å². The van der Waals surface area contributed by atoms with Crippen LogP contribution in [0.5, 0.6) is 0 Å². The molecule has 3 heterocycles. The molecule has 0 aromatic rings. The van der Waals surface area contributed by atoms with Crippen molar-refractivity contribution in [3.8, 4) is 0 Å². The molecule has 0 radical (unpaired) electrons. The average Bonchev–Trinajstić information content (AvgIpc) is 3.49. The van der Waals surface area contributed by atoms with Crippen LogP contribution in [0, 0.1) is 11.8 Å². The molecule has 3 aliphatic heterocycles. The van der Waals surface area contributed by atoms with Crippen LogP contribution in [0.1, 0.15) is 73.1 Å². The van der Waals surface area contributed by atoms with E-state index in [1.165, 1.54) is 4.90 Å². The summed E-state index contributed by atoms with van der Waals surface area (Å²) in [6.07, 6.45) is 7.68. The van der Waals surface area contributed by atoms with Crippen LogP contribution in [-0.4, -0.2) is 93.1 Å². The molecular formula is C29H47N3O5. The molecule has 8 heteroatoms. The fraction of sp³-hybridized carbons (Fsp3) is 0.759. The summed E-state index contributed by atoms with van der Waals surface area (Å²) in [5.41, 5.74) is -1.87. The number of likely N-dealkylation sites (tertiary alicyclic amines) is 1. The van der Waals surface area contributed by atoms with Crippen molar-refractivity contribution in [2.24, 2.45) is 11.8 Å². The second-order valence-corrected chi connectivity index (χ2v) is 11.1. The van der Waals surface area contributed by atoms with Gasteiger partial charge in [-0.2, -0.15) is 0 Å². The van der Waals surface area contributed by atoms with Gasteiger partial charge in [0, 0.05) is 25.7 Å². The van der Waals surface area contributed by atoms with Gasteiger partial charge in [-0.1, -0.05) is 39.3 Å². The normalized spacial score (nSPS) is 31.7. The smallest absolute Gasteiger partial charge is 0.248 e. The van der Waals surface area contributed by atoms with E-state index in [1.54, 1.807) is 28.9 Å². The molecule has 7 atom stereocenters. The van der Waals surface area contributed by atoms with Crippen molar-refractivity contribution < 1.29 is 24.2 Å². The standard InChI is InChI=1S/C29H47N3O5/c1-8-13-20(6)31(18-11-4)27(36)24-29-15-14-28(12-5,37-29)22(25(34)30(16-9-2)17-10-3)23(29)26(35)32(24)21(7)19-33/h9,11,20-24,33H,2,4,8,10,12-19H2,1,3,5-7H3/t20?,21-,22-,23+,24?,28+,29?/m1/s1. The molecular weight excluding hydrogens is 470 g/mol. The lowest BCUT2D eigenvalue weighted by molar-refractivity contribution is -0.158. The van der Waals surface area contributed by atoms with Crippen LogP contribution >= 0.6 is 0 Å². The van der Waals surface area contributed by atoms with Crippen molar-refractivity contribution in [3.63, 3.8) is 0 Å². The van der Waals surface area contributed by atoms with Crippen LogP contribution in [0.4, 0.5) is 0 Å². The molecule has 3 fully saturated rings. The summed E-state index contributed by atoms with van der Waals surface area (Å²) in [7, 11) is 0. The Hall–Kier alpha value is -2.19. The molecule has 0 aromatic heterocycles. The highest BCUT2D eigenvalue weighted by Crippen LogP contribution is 2.65. The maximum absolute atomic E-state index is 14.4. The first kappa shape index (κ1) is 29.4. The van der Waals surface area contributed by atoms with Crippen LogP contribution in [-0.2, 0) is 19.1 Å². The van der Waals surface area contributed by atoms with Crippen molar-refractivity contribution >= 4 is 17.7 Å². The van der Waals surface area contributed by atoms with Crippen molar-refractivity contribution in [1.82, 2.24) is 14.7 Å². The number of nitrogens with zero attached hydrogens (tertiary/aromatic N) is 3. The molecule has 0 saturated carbocycles. The van der Waals surface area contributed by atoms with Crippen molar-refractivity contribution in [2.45, 2.75) is 102 Å². The van der Waals surface area contributed by atoms with E-state index in [9.17, 15) is 19.5 Å². The zero-order valence-corrected chi connectivity index (χ0v) is 23.4. The Morgan fingerprint density at radius 3 is 2.35 bits per heavy atom. The van der Waals surface area contributed by atoms with Crippen LogP contribution in [0.3, 0.4) is 0 Å². The Labute approximate surface area is 222 Å². The van der Waals surface area contributed by atoms with E-state index in [-0.39, 0.29) is 30.4 Å². The molecule has 3 aliphatic rings. The minimum Gasteiger partial charge on any atom is -0.394 e. The molecule has 3 rings (SSSR count). The number of aliphatic hydroxyl groups excluding tert-OH is 1. The Balaban J connectivity index is 2.14. The molecule has 0 aromatic carbocycles. The van der Waals surface area contributed by atoms with Gasteiger partial charge >= 0.3 is 0 Å². The van der Waals surface area contributed by atoms with Gasteiger partial charge in [0.25, 0.3) is 0 Å². The van der Waals surface area contributed by atoms with E-state index in [0.717, 1.165) is 19.3 Å². The van der Waals surface area contributed by atoms with Crippen LogP contribution in [0.15, 0.2) is 25.3 Å². The largest absolute Gasteiger partial charge is 0.394 e. The molecule has 1 N–H and O–H groups in total. The van der Waals surface area contributed by atoms with E-state index >= 15 is 0 Å². The fourth-order valence-electron chi connectivity index (χ4n) is 7.14. The number of carbonyl (C=O) groups is 3. The Bertz CT molecular complexity index is 893. The van der Waals surface area contributed by atoms with Crippen LogP contribution in [0.2, 0.25) is 0 Å². The zero-order valence-electron chi connectivity index (χ0n) is 23.4. The SMILES string of the molecule is C=CCN(CCC)C(=O)[C@H]1[C@H]2C(=O)N([C@H](C)CO)C(C(=O)N(CC=C)C(C)CCC)C23CC[C@]1(CC)O3. The second kappa shape index (κ2) is 11.7. The number of hydrogen-bond donors (Lipinski definition) is 1. The highest BCUT2D eigenvalue weighted by molar-refractivity contribution is 5.99. The molecule has 208 valence electrons. The Morgan fingerprint density at radius 1 is 1.14 bits per heavy atom. The van der Waals surface area contributed by atoms with Crippen LogP contribution in [0.25, 0.3) is 0 Å². The van der Waals surface area contributed by atoms with Gasteiger partial charge in [-0.15, -0.1) is 13.2 Å². The van der Waals surface area contributed by atoms with Gasteiger partial charge in [0.05, 0.1) is 30.1 Å². The van der Waals surface area contributed by atoms with Gasteiger partial charge < -0.3 is 24.5 Å². The highest BCUT2D eigenvalue weighted by atomic mass is 16.5. The summed E-state index contributed by atoms with van der Waals surface area (Å²) in [4.78, 5) is 47.8. The lowest BCUT2D eigenvalue weighted by Crippen LogP contribution is -2.59. The summed E-state index contributed by atoms with van der Waals surface area (Å²) < 4.78 is 6.87. The number of rotatable bonds is 14. The number of aliphatic hydroxyl groups is 1. The number of fused-ring (bicyclic) bond motifs is 1. The number of carbonyl (C=O) groups excluding carboxylic acids is 3. The maximum atomic E-state index is 14.4. The lowest BCUT2D eigenvalue weighted by Gasteiger charge is -2.40. The molecule has 3 amide bonds. The van der Waals surface area contributed by atoms with Crippen molar-refractivity contribution in [3.05, 3.63) is 25.3 Å². The summed E-state index contributed by atoms with van der Waals surface area (Å²) in [5.74, 6) is -1.97. The molecule has 8 nitrogen and oxygen atoms in total. The quantitative estimate of drug-likeness (QED) is 0.358. The lowest BCUT2D eigenvalue weighted by atomic mass is 9.64. The van der Waals surface area contributed by atoms with Gasteiger partial charge in [-0.25, -0.2) is 0 Å². The first-order chi connectivity index (χ1) is 17.6. The average molecular weight is 518 g/mol. The van der Waals surface area contributed by atoms with Crippen molar-refractivity contribution in [1.29, 1.82) is 0 Å².